The van der Waals surface area contributed by atoms with Crippen molar-refractivity contribution in [1.29, 1.82) is 0 Å². The Hall–Kier alpha value is -1.40. The minimum atomic E-state index is 0.172. The van der Waals surface area contributed by atoms with Crippen molar-refractivity contribution in [3.05, 3.63) is 21.9 Å². The van der Waals surface area contributed by atoms with Gasteiger partial charge in [0.1, 0.15) is 0 Å². The zero-order valence-electron chi connectivity index (χ0n) is 15.9. The first-order valence-electron chi connectivity index (χ1n) is 9.78. The van der Waals surface area contributed by atoms with Crippen molar-refractivity contribution in [2.75, 3.05) is 39.8 Å². The highest BCUT2D eigenvalue weighted by atomic mass is 32.1. The monoisotopic (exact) mass is 375 g/mol. The summed E-state index contributed by atoms with van der Waals surface area (Å²) < 4.78 is 0. The fraction of sp³-hybridized carbons (Fsp3) is 0.700. The van der Waals surface area contributed by atoms with Crippen LogP contribution in [0.3, 0.4) is 0 Å². The molecule has 0 radical (unpaired) electrons. The van der Waals surface area contributed by atoms with Crippen LogP contribution in [-0.4, -0.2) is 72.3 Å². The average molecular weight is 376 g/mol. The molecular weight excluding hydrogens is 346 g/mol. The summed E-state index contributed by atoms with van der Waals surface area (Å²) in [6.45, 7) is 6.67. The van der Waals surface area contributed by atoms with E-state index in [-0.39, 0.29) is 11.3 Å². The fourth-order valence-corrected chi connectivity index (χ4v) is 5.55. The second-order valence-corrected chi connectivity index (χ2v) is 9.58. The Morgan fingerprint density at radius 2 is 2.00 bits per heavy atom. The first-order valence-corrected chi connectivity index (χ1v) is 10.7. The second kappa shape index (κ2) is 6.97. The molecule has 0 aliphatic carbocycles. The second-order valence-electron chi connectivity index (χ2n) is 8.46. The maximum absolute atomic E-state index is 12.7. The van der Waals surface area contributed by atoms with Crippen LogP contribution in [0.15, 0.2) is 11.4 Å². The van der Waals surface area contributed by atoms with Gasteiger partial charge in [-0.05, 0) is 57.7 Å². The molecule has 4 rings (SSSR count). The van der Waals surface area contributed by atoms with E-state index < -0.39 is 0 Å². The molecular formula is C20H29N3O2S. The number of carbonyl (C=O) groups is 2. The molecule has 0 aromatic carbocycles. The molecule has 3 aliphatic rings. The van der Waals surface area contributed by atoms with Crippen molar-refractivity contribution in [3.8, 4) is 0 Å². The van der Waals surface area contributed by atoms with Crippen molar-refractivity contribution in [3.63, 3.8) is 0 Å². The Kier molecular flexibility index (Phi) is 4.82. The molecule has 142 valence electrons. The fourth-order valence-electron chi connectivity index (χ4n) is 4.87. The van der Waals surface area contributed by atoms with Gasteiger partial charge in [0.2, 0.25) is 5.91 Å². The Labute approximate surface area is 159 Å². The number of likely N-dealkylation sites (N-methyl/N-ethyl adjacent to an activating group) is 1. The molecule has 1 aromatic rings. The van der Waals surface area contributed by atoms with Gasteiger partial charge in [-0.3, -0.25) is 9.59 Å². The number of amides is 2. The number of hydrogen-bond donors (Lipinski definition) is 0. The molecule has 6 heteroatoms. The van der Waals surface area contributed by atoms with Crippen LogP contribution in [0.25, 0.3) is 0 Å². The minimum absolute atomic E-state index is 0.172. The van der Waals surface area contributed by atoms with Gasteiger partial charge in [-0.1, -0.05) is 0 Å². The molecule has 1 spiro atoms. The first-order chi connectivity index (χ1) is 12.5. The third kappa shape index (κ3) is 3.41. The molecule has 3 aliphatic heterocycles. The molecule has 1 atom stereocenters. The van der Waals surface area contributed by atoms with E-state index in [1.807, 2.05) is 23.3 Å². The molecule has 2 amide bonds. The lowest BCUT2D eigenvalue weighted by molar-refractivity contribution is -0.141. The highest BCUT2D eigenvalue weighted by molar-refractivity contribution is 7.10. The van der Waals surface area contributed by atoms with E-state index in [9.17, 15) is 9.59 Å². The van der Waals surface area contributed by atoms with E-state index >= 15 is 0 Å². The molecule has 5 nitrogen and oxygen atoms in total. The summed E-state index contributed by atoms with van der Waals surface area (Å²) in [6, 6.07) is 2.38. The zero-order chi connectivity index (χ0) is 18.3. The van der Waals surface area contributed by atoms with E-state index in [1.54, 1.807) is 11.3 Å². The lowest BCUT2D eigenvalue weighted by Gasteiger charge is -2.49. The van der Waals surface area contributed by atoms with Crippen LogP contribution in [0.5, 0.6) is 0 Å². The van der Waals surface area contributed by atoms with Crippen LogP contribution < -0.4 is 0 Å². The number of aryl methyl sites for hydroxylation is 1. The molecule has 3 fully saturated rings. The van der Waals surface area contributed by atoms with Crippen molar-refractivity contribution >= 4 is 23.2 Å². The van der Waals surface area contributed by atoms with Crippen LogP contribution in [-0.2, 0) is 4.79 Å². The van der Waals surface area contributed by atoms with Crippen molar-refractivity contribution in [2.24, 2.45) is 5.41 Å². The number of likely N-dealkylation sites (tertiary alicyclic amines) is 3. The summed E-state index contributed by atoms with van der Waals surface area (Å²) in [7, 11) is 2.14. The van der Waals surface area contributed by atoms with E-state index in [1.165, 1.54) is 4.88 Å². The van der Waals surface area contributed by atoms with Gasteiger partial charge in [0.15, 0.2) is 0 Å². The predicted octanol–water partition coefficient (Wildman–Crippen LogP) is 2.61. The van der Waals surface area contributed by atoms with E-state index in [0.29, 0.717) is 18.4 Å². The standard InChI is InChI=1S/C20H29N3O2S/c1-15-11-16(13-26-15)19(25)22-9-6-20(7-10-22)5-3-18(24)23(14-20)17-4-8-21(2)12-17/h11,13,17H,3-10,12,14H2,1-2H3/t17-/m1/s1. The topological polar surface area (TPSA) is 43.9 Å². The summed E-state index contributed by atoms with van der Waals surface area (Å²) in [5, 5.41) is 1.97. The van der Waals surface area contributed by atoms with Crippen molar-refractivity contribution in [1.82, 2.24) is 14.7 Å². The number of carbonyl (C=O) groups excluding carboxylic acids is 2. The van der Waals surface area contributed by atoms with Crippen LogP contribution >= 0.6 is 11.3 Å². The molecule has 1 aromatic heterocycles. The summed E-state index contributed by atoms with van der Waals surface area (Å²) >= 11 is 1.64. The Morgan fingerprint density at radius 3 is 2.62 bits per heavy atom. The largest absolute Gasteiger partial charge is 0.339 e. The molecule has 0 unspecified atom stereocenters. The maximum atomic E-state index is 12.7. The minimum Gasteiger partial charge on any atom is -0.339 e. The van der Waals surface area contributed by atoms with Gasteiger partial charge in [-0.15, -0.1) is 11.3 Å². The molecule has 26 heavy (non-hydrogen) atoms. The molecule has 0 saturated carbocycles. The molecule has 4 heterocycles. The molecule has 0 bridgehead atoms. The Bertz CT molecular complexity index is 693. The smallest absolute Gasteiger partial charge is 0.254 e. The van der Waals surface area contributed by atoms with E-state index in [4.69, 9.17) is 0 Å². The number of piperidine rings is 2. The lowest BCUT2D eigenvalue weighted by Crippen LogP contribution is -2.55. The highest BCUT2D eigenvalue weighted by Gasteiger charge is 2.44. The van der Waals surface area contributed by atoms with Gasteiger partial charge >= 0.3 is 0 Å². The van der Waals surface area contributed by atoms with Gasteiger partial charge in [0, 0.05) is 48.9 Å². The Balaban J connectivity index is 1.39. The maximum Gasteiger partial charge on any atom is 0.254 e. The number of nitrogens with zero attached hydrogens (tertiary/aromatic N) is 3. The van der Waals surface area contributed by atoms with Gasteiger partial charge < -0.3 is 14.7 Å². The third-order valence-corrected chi connectivity index (χ3v) is 7.45. The summed E-state index contributed by atoms with van der Waals surface area (Å²) in [6.07, 6.45) is 4.81. The molecule has 3 saturated heterocycles. The predicted molar refractivity (Wildman–Crippen MR) is 103 cm³/mol. The normalized spacial score (nSPS) is 26.7. The highest BCUT2D eigenvalue weighted by Crippen LogP contribution is 2.41. The first kappa shape index (κ1) is 18.0. The quantitative estimate of drug-likeness (QED) is 0.798. The number of rotatable bonds is 2. The van der Waals surface area contributed by atoms with Gasteiger partial charge in [0.05, 0.1) is 5.56 Å². The van der Waals surface area contributed by atoms with E-state index in [0.717, 1.165) is 64.0 Å². The van der Waals surface area contributed by atoms with Gasteiger partial charge in [0.25, 0.3) is 5.91 Å². The average Bonchev–Trinajstić information content (AvgIpc) is 3.26. The van der Waals surface area contributed by atoms with Crippen LogP contribution in [0.2, 0.25) is 0 Å². The van der Waals surface area contributed by atoms with Gasteiger partial charge in [-0.2, -0.15) is 0 Å². The van der Waals surface area contributed by atoms with Crippen molar-refractivity contribution in [2.45, 2.75) is 45.1 Å². The molecule has 0 N–H and O–H groups in total. The van der Waals surface area contributed by atoms with Crippen LogP contribution in [0.1, 0.15) is 47.3 Å². The van der Waals surface area contributed by atoms with Crippen LogP contribution in [0, 0.1) is 12.3 Å². The number of thiophene rings is 1. The van der Waals surface area contributed by atoms with Crippen molar-refractivity contribution < 1.29 is 9.59 Å². The van der Waals surface area contributed by atoms with E-state index in [2.05, 4.69) is 16.8 Å². The summed E-state index contributed by atoms with van der Waals surface area (Å²) in [4.78, 5) is 32.9. The van der Waals surface area contributed by atoms with Gasteiger partial charge in [-0.25, -0.2) is 0 Å². The SMILES string of the molecule is Cc1cc(C(=O)N2CCC3(CCC(=O)N([C@@H]4CCN(C)C4)C3)CC2)cs1. The third-order valence-electron chi connectivity index (χ3n) is 6.59. The Morgan fingerprint density at radius 1 is 1.23 bits per heavy atom. The number of hydrogen-bond acceptors (Lipinski definition) is 4. The van der Waals surface area contributed by atoms with Crippen LogP contribution in [0.4, 0.5) is 0 Å². The lowest BCUT2D eigenvalue weighted by atomic mass is 9.72. The summed E-state index contributed by atoms with van der Waals surface area (Å²) in [5.41, 5.74) is 1.05. The summed E-state index contributed by atoms with van der Waals surface area (Å²) in [5.74, 6) is 0.508. The zero-order valence-corrected chi connectivity index (χ0v) is 16.7.